The lowest BCUT2D eigenvalue weighted by atomic mass is 9.94. The van der Waals surface area contributed by atoms with E-state index in [0.29, 0.717) is 45.3 Å². The standard InChI is InChI=1S/C45H79N3O15S6/c49-36(17-12-10-8-6-4-2-1-3-5-7-9-11-13-20-41(53)54)31-35(42(55)56)21-22-39(51)47-24-26-61-28-29-62-32-37(50)18-16-25-60-27-30-63-33-40(52)46-23-15-14-19-38(43(57)58)48-44-66-64-34-65-68-45(59)69-67-44/h35,38,44-45,48,59H,1-34H2,(H,46,52)(H,47,51)(H,53,54)(H,55,56)(H,57,58)/t35-,38+,44?,45?/m1/s1. The number of hydrogen-bond acceptors (Lipinski definition) is 19. The summed E-state index contributed by atoms with van der Waals surface area (Å²) < 4.78 is 20.8. The zero-order valence-corrected chi connectivity index (χ0v) is 45.0. The number of ether oxygens (including phenoxy) is 4. The molecule has 24 heteroatoms. The number of carbonyl (C=O) groups excluding carboxylic acids is 4. The molecular weight excluding hydrogens is 1010 g/mol. The first kappa shape index (κ1) is 65.6. The number of amides is 2. The number of carbonyl (C=O) groups is 7. The molecule has 1 fully saturated rings. The number of nitrogens with one attached hydrogen (secondary N) is 3. The second kappa shape index (κ2) is 46.3. The van der Waals surface area contributed by atoms with Crippen LogP contribution in [0.5, 0.6) is 0 Å². The normalized spacial score (nSPS) is 16.1. The quantitative estimate of drug-likeness (QED) is 0.0225. The minimum atomic E-state index is -1.08. The zero-order chi connectivity index (χ0) is 50.6. The van der Waals surface area contributed by atoms with Gasteiger partial charge in [0.2, 0.25) is 11.8 Å². The molecule has 69 heavy (non-hydrogen) atoms. The van der Waals surface area contributed by atoms with E-state index >= 15 is 0 Å². The van der Waals surface area contributed by atoms with Crippen LogP contribution in [0.25, 0.3) is 0 Å². The molecule has 400 valence electrons. The van der Waals surface area contributed by atoms with Gasteiger partial charge in [-0.05, 0) is 66.5 Å². The minimum Gasteiger partial charge on any atom is -0.481 e. The molecule has 18 nitrogen and oxygen atoms in total. The molecule has 0 bridgehead atoms. The highest BCUT2D eigenvalue weighted by Crippen LogP contribution is 2.49. The molecule has 0 aliphatic carbocycles. The molecule has 0 aromatic carbocycles. The van der Waals surface area contributed by atoms with E-state index in [9.17, 15) is 48.9 Å². The summed E-state index contributed by atoms with van der Waals surface area (Å²) in [6, 6.07) is -0.739. The van der Waals surface area contributed by atoms with Crippen molar-refractivity contribution in [3.8, 4) is 0 Å². The summed E-state index contributed by atoms with van der Waals surface area (Å²) in [6.07, 6.45) is 16.9. The first-order valence-corrected chi connectivity index (χ1v) is 31.3. The van der Waals surface area contributed by atoms with Crippen molar-refractivity contribution in [2.45, 2.75) is 163 Å². The number of aliphatic hydroxyl groups excluding tert-OH is 1. The molecule has 7 N–H and O–H groups in total. The van der Waals surface area contributed by atoms with Gasteiger partial charge in [0.25, 0.3) is 0 Å². The molecule has 0 aromatic rings. The Bertz CT molecular complexity index is 1410. The monoisotopic (exact) mass is 1090 g/mol. The van der Waals surface area contributed by atoms with Crippen molar-refractivity contribution in [2.24, 2.45) is 5.92 Å². The maximum atomic E-state index is 12.5. The summed E-state index contributed by atoms with van der Waals surface area (Å²) in [6.45, 7) is 1.90. The number of ketones is 2. The predicted molar refractivity (Wildman–Crippen MR) is 279 cm³/mol. The fourth-order valence-corrected chi connectivity index (χ4v) is 16.6. The van der Waals surface area contributed by atoms with Crippen molar-refractivity contribution in [3.05, 3.63) is 0 Å². The molecule has 0 spiro atoms. The fourth-order valence-electron chi connectivity index (χ4n) is 6.70. The molecule has 0 saturated carbocycles. The van der Waals surface area contributed by atoms with Gasteiger partial charge in [-0.1, -0.05) is 114 Å². The molecule has 0 radical (unpaired) electrons. The zero-order valence-electron chi connectivity index (χ0n) is 40.1. The average molecular weight is 1090 g/mol. The number of aliphatic hydroxyl groups is 1. The Kier molecular flexibility index (Phi) is 44.0. The SMILES string of the molecule is O=C(O)CCCCCCCCCCCCCCCC(=O)C[C@@H](CCC(=O)NCCOCCOCC(=O)CCCOCCOCC(=O)NCCCC[C@H](NC1SSCSSC(O)SS1)C(=O)O)C(=O)O. The molecule has 1 saturated heterocycles. The Morgan fingerprint density at radius 3 is 1.70 bits per heavy atom. The minimum absolute atomic E-state index is 0.00661. The van der Waals surface area contributed by atoms with Crippen LogP contribution >= 0.6 is 64.8 Å². The number of carboxylic acids is 3. The third-order valence-corrected chi connectivity index (χ3v) is 20.3. The lowest BCUT2D eigenvalue weighted by molar-refractivity contribution is -0.144. The third kappa shape index (κ3) is 42.7. The van der Waals surface area contributed by atoms with Crippen LogP contribution in [0.15, 0.2) is 0 Å². The van der Waals surface area contributed by atoms with Crippen molar-refractivity contribution in [3.63, 3.8) is 0 Å². The van der Waals surface area contributed by atoms with Crippen molar-refractivity contribution in [2.75, 3.05) is 71.0 Å². The van der Waals surface area contributed by atoms with Gasteiger partial charge in [-0.15, -0.1) is 0 Å². The topological polar surface area (TPSA) is 273 Å². The molecule has 1 aliphatic heterocycles. The second-order valence-corrected chi connectivity index (χ2v) is 24.7. The number of carboxylic acid groups (broad SMARTS) is 3. The van der Waals surface area contributed by atoms with E-state index in [4.69, 9.17) is 24.1 Å². The van der Waals surface area contributed by atoms with Crippen LogP contribution in [0.2, 0.25) is 0 Å². The van der Waals surface area contributed by atoms with E-state index < -0.39 is 34.6 Å². The third-order valence-electron chi connectivity index (χ3n) is 10.4. The van der Waals surface area contributed by atoms with Crippen molar-refractivity contribution >= 4 is 106 Å². The molecular formula is C45H79N3O15S6. The van der Waals surface area contributed by atoms with Crippen LogP contribution in [-0.2, 0) is 52.5 Å². The molecule has 1 aliphatic rings. The van der Waals surface area contributed by atoms with Crippen LogP contribution in [0.4, 0.5) is 0 Å². The van der Waals surface area contributed by atoms with Crippen LogP contribution in [0.3, 0.4) is 0 Å². The van der Waals surface area contributed by atoms with Gasteiger partial charge in [0.15, 0.2) is 10.6 Å². The van der Waals surface area contributed by atoms with Crippen LogP contribution < -0.4 is 16.0 Å². The van der Waals surface area contributed by atoms with E-state index in [1.807, 2.05) is 0 Å². The van der Waals surface area contributed by atoms with Gasteiger partial charge in [-0.25, -0.2) is 0 Å². The number of Topliss-reactive ketones (excluding diaryl/α,β-unsaturated/α-hetero) is 2. The van der Waals surface area contributed by atoms with Gasteiger partial charge in [-0.3, -0.25) is 38.9 Å². The Hall–Kier alpha value is -1.45. The largest absolute Gasteiger partial charge is 0.481 e. The van der Waals surface area contributed by atoms with Gasteiger partial charge >= 0.3 is 17.9 Å². The van der Waals surface area contributed by atoms with Gasteiger partial charge < -0.3 is 50.0 Å². The van der Waals surface area contributed by atoms with Gasteiger partial charge in [0.1, 0.15) is 29.7 Å². The van der Waals surface area contributed by atoms with Crippen LogP contribution in [0, 0.1) is 5.92 Å². The van der Waals surface area contributed by atoms with E-state index in [1.54, 1.807) is 32.4 Å². The smallest absolute Gasteiger partial charge is 0.320 e. The van der Waals surface area contributed by atoms with E-state index in [-0.39, 0.29) is 113 Å². The molecule has 1 rings (SSSR count). The highest BCUT2D eigenvalue weighted by Gasteiger charge is 2.25. The van der Waals surface area contributed by atoms with Gasteiger partial charge in [0, 0.05) is 51.8 Å². The van der Waals surface area contributed by atoms with Gasteiger partial charge in [0.05, 0.1) is 44.0 Å². The fraction of sp³-hybridized carbons (Fsp3) is 0.844. The number of rotatable bonds is 47. The van der Waals surface area contributed by atoms with Crippen LogP contribution in [-0.4, -0.2) is 148 Å². The molecule has 2 amide bonds. The van der Waals surface area contributed by atoms with Crippen molar-refractivity contribution in [1.82, 2.24) is 16.0 Å². The average Bonchev–Trinajstić information content (AvgIpc) is 3.41. The summed E-state index contributed by atoms with van der Waals surface area (Å²) in [5, 5.41) is 47.2. The highest BCUT2D eigenvalue weighted by atomic mass is 33.2. The van der Waals surface area contributed by atoms with Crippen LogP contribution in [0.1, 0.15) is 148 Å². The lowest BCUT2D eigenvalue weighted by Crippen LogP contribution is -2.40. The Morgan fingerprint density at radius 1 is 0.493 bits per heavy atom. The first-order valence-electron chi connectivity index (χ1n) is 24.2. The van der Waals surface area contributed by atoms with E-state index in [1.165, 1.54) is 64.5 Å². The molecule has 0 aromatic heterocycles. The maximum absolute atomic E-state index is 12.5. The summed E-state index contributed by atoms with van der Waals surface area (Å²) in [5.74, 6) is -4.39. The first-order chi connectivity index (χ1) is 33.4. The summed E-state index contributed by atoms with van der Waals surface area (Å²) in [4.78, 5) is 83.0. The van der Waals surface area contributed by atoms with Crippen molar-refractivity contribution < 1.29 is 72.9 Å². The van der Waals surface area contributed by atoms with Crippen molar-refractivity contribution in [1.29, 1.82) is 0 Å². The number of aliphatic carboxylic acids is 3. The molecule has 2 unspecified atom stereocenters. The second-order valence-electron chi connectivity index (χ2n) is 16.4. The summed E-state index contributed by atoms with van der Waals surface area (Å²) >= 11 is 0. The summed E-state index contributed by atoms with van der Waals surface area (Å²) in [5.41, 5.74) is 0. The molecule has 1 heterocycles. The Balaban J connectivity index is 1.94. The molecule has 4 atom stereocenters. The lowest BCUT2D eigenvalue weighted by Gasteiger charge is -2.21. The maximum Gasteiger partial charge on any atom is 0.320 e. The Labute approximate surface area is 432 Å². The van der Waals surface area contributed by atoms with Gasteiger partial charge in [-0.2, -0.15) is 0 Å². The predicted octanol–water partition coefficient (Wildman–Crippen LogP) is 7.90. The Morgan fingerprint density at radius 2 is 1.06 bits per heavy atom. The van der Waals surface area contributed by atoms with E-state index in [0.717, 1.165) is 56.5 Å². The number of unbranched alkanes of at least 4 members (excludes halogenated alkanes) is 13. The highest BCUT2D eigenvalue weighted by molar-refractivity contribution is 8.92. The summed E-state index contributed by atoms with van der Waals surface area (Å²) in [7, 11) is 8.82. The van der Waals surface area contributed by atoms with E-state index in [2.05, 4.69) is 16.0 Å². The number of hydrogen-bond donors (Lipinski definition) is 7.